The molecule has 0 spiro atoms. The Morgan fingerprint density at radius 3 is 2.50 bits per heavy atom. The third-order valence-electron chi connectivity index (χ3n) is 2.88. The Morgan fingerprint density at radius 1 is 1.38 bits per heavy atom. The summed E-state index contributed by atoms with van der Waals surface area (Å²) in [6, 6.07) is 7.85. The van der Waals surface area contributed by atoms with E-state index >= 15 is 0 Å². The minimum Gasteiger partial charge on any atom is -0.311 e. The predicted molar refractivity (Wildman–Crippen MR) is 67.4 cm³/mol. The number of aryl methyl sites for hydroxylation is 1. The van der Waals surface area contributed by atoms with Gasteiger partial charge in [0.05, 0.1) is 0 Å². The van der Waals surface area contributed by atoms with Crippen LogP contribution >= 0.6 is 23.2 Å². The lowest BCUT2D eigenvalue weighted by molar-refractivity contribution is -0.117. The van der Waals surface area contributed by atoms with Gasteiger partial charge in [-0.15, -0.1) is 23.2 Å². The van der Waals surface area contributed by atoms with Crippen molar-refractivity contribution < 1.29 is 4.79 Å². The van der Waals surface area contributed by atoms with Gasteiger partial charge >= 0.3 is 0 Å². The molecule has 1 aromatic rings. The fourth-order valence-corrected chi connectivity index (χ4v) is 2.51. The average Bonchev–Trinajstić information content (AvgIpc) is 2.57. The fourth-order valence-electron chi connectivity index (χ4n) is 1.85. The van der Waals surface area contributed by atoms with Crippen LogP contribution in [0, 0.1) is 12.8 Å². The first-order valence-corrected chi connectivity index (χ1v) is 6.18. The first-order valence-electron chi connectivity index (χ1n) is 5.21. The van der Waals surface area contributed by atoms with Crippen LogP contribution in [-0.2, 0) is 4.79 Å². The van der Waals surface area contributed by atoms with Gasteiger partial charge in [-0.05, 0) is 19.1 Å². The first-order chi connectivity index (χ1) is 7.63. The third-order valence-corrected chi connectivity index (χ3v) is 3.82. The number of carbonyl (C=O) groups excluding carboxylic acids is 1. The Balaban J connectivity index is 2.23. The number of anilines is 1. The maximum atomic E-state index is 11.9. The van der Waals surface area contributed by atoms with E-state index in [2.05, 4.69) is 0 Å². The summed E-state index contributed by atoms with van der Waals surface area (Å²) >= 11 is 11.8. The Hall–Kier alpha value is -0.730. The largest absolute Gasteiger partial charge is 0.311 e. The molecule has 1 aliphatic rings. The second-order valence-electron chi connectivity index (χ2n) is 4.10. The van der Waals surface area contributed by atoms with Crippen molar-refractivity contribution in [2.24, 2.45) is 5.92 Å². The van der Waals surface area contributed by atoms with Crippen molar-refractivity contribution in [3.63, 3.8) is 0 Å². The van der Waals surface area contributed by atoms with Crippen LogP contribution in [0.15, 0.2) is 24.3 Å². The lowest BCUT2D eigenvalue weighted by atomic mass is 10.1. The highest BCUT2D eigenvalue weighted by Crippen LogP contribution is 2.29. The van der Waals surface area contributed by atoms with E-state index in [4.69, 9.17) is 23.2 Å². The van der Waals surface area contributed by atoms with Crippen molar-refractivity contribution in [3.8, 4) is 0 Å². The smallest absolute Gasteiger partial charge is 0.245 e. The van der Waals surface area contributed by atoms with Crippen molar-refractivity contribution >= 4 is 34.8 Å². The highest BCUT2D eigenvalue weighted by atomic mass is 35.5. The number of hydrogen-bond acceptors (Lipinski definition) is 1. The fraction of sp³-hybridized carbons (Fsp3) is 0.417. The number of halogens is 2. The normalized spacial score (nSPS) is 25.2. The van der Waals surface area contributed by atoms with Gasteiger partial charge < -0.3 is 4.90 Å². The number of hydrogen-bond donors (Lipinski definition) is 0. The van der Waals surface area contributed by atoms with Crippen LogP contribution in [0.5, 0.6) is 0 Å². The summed E-state index contributed by atoms with van der Waals surface area (Å²) in [6.45, 7) is 2.63. The van der Waals surface area contributed by atoms with Gasteiger partial charge in [0, 0.05) is 24.0 Å². The number of nitrogens with zero attached hydrogens (tertiary/aromatic N) is 1. The van der Waals surface area contributed by atoms with E-state index < -0.39 is 5.38 Å². The van der Waals surface area contributed by atoms with Gasteiger partial charge in [0.1, 0.15) is 5.38 Å². The van der Waals surface area contributed by atoms with Gasteiger partial charge in [-0.3, -0.25) is 4.79 Å². The van der Waals surface area contributed by atoms with E-state index in [1.807, 2.05) is 31.2 Å². The first kappa shape index (κ1) is 11.7. The molecule has 0 aromatic heterocycles. The lowest BCUT2D eigenvalue weighted by Crippen LogP contribution is -2.27. The van der Waals surface area contributed by atoms with Gasteiger partial charge in [0.2, 0.25) is 5.91 Å². The van der Waals surface area contributed by atoms with Crippen molar-refractivity contribution in [3.05, 3.63) is 29.8 Å². The molecule has 0 aliphatic carbocycles. The summed E-state index contributed by atoms with van der Waals surface area (Å²) in [7, 11) is 0. The molecule has 0 saturated carbocycles. The van der Waals surface area contributed by atoms with E-state index in [1.165, 1.54) is 5.56 Å². The molecule has 0 radical (unpaired) electrons. The lowest BCUT2D eigenvalue weighted by Gasteiger charge is -2.16. The van der Waals surface area contributed by atoms with Gasteiger partial charge in [-0.1, -0.05) is 17.7 Å². The second kappa shape index (κ2) is 4.64. The minimum absolute atomic E-state index is 0.0390. The Labute approximate surface area is 105 Å². The van der Waals surface area contributed by atoms with Crippen LogP contribution in [-0.4, -0.2) is 23.7 Å². The number of carbonyl (C=O) groups is 1. The maximum absolute atomic E-state index is 11.9. The maximum Gasteiger partial charge on any atom is 0.245 e. The molecule has 1 heterocycles. The summed E-state index contributed by atoms with van der Waals surface area (Å²) in [5.74, 6) is 0.413. The van der Waals surface area contributed by atoms with E-state index in [0.29, 0.717) is 12.4 Å². The summed E-state index contributed by atoms with van der Waals surface area (Å²) in [5, 5.41) is -0.487. The molecule has 2 nitrogen and oxygen atoms in total. The summed E-state index contributed by atoms with van der Waals surface area (Å²) in [6.07, 6.45) is 0. The molecule has 2 rings (SSSR count). The van der Waals surface area contributed by atoms with E-state index in [-0.39, 0.29) is 11.8 Å². The molecule has 1 fully saturated rings. The summed E-state index contributed by atoms with van der Waals surface area (Å²) in [5.41, 5.74) is 2.07. The molecule has 1 amide bonds. The van der Waals surface area contributed by atoms with Crippen molar-refractivity contribution in [1.29, 1.82) is 0 Å². The molecule has 1 aliphatic heterocycles. The predicted octanol–water partition coefficient (Wildman–Crippen LogP) is 2.80. The quantitative estimate of drug-likeness (QED) is 0.747. The second-order valence-corrected chi connectivity index (χ2v) is 4.88. The van der Waals surface area contributed by atoms with Crippen molar-refractivity contribution in [2.75, 3.05) is 17.3 Å². The van der Waals surface area contributed by atoms with Gasteiger partial charge in [-0.25, -0.2) is 0 Å². The monoisotopic (exact) mass is 257 g/mol. The van der Waals surface area contributed by atoms with Crippen molar-refractivity contribution in [1.82, 2.24) is 0 Å². The topological polar surface area (TPSA) is 20.3 Å². The molecule has 86 valence electrons. The van der Waals surface area contributed by atoms with Crippen LogP contribution in [0.25, 0.3) is 0 Å². The molecular formula is C12H13Cl2NO. The van der Waals surface area contributed by atoms with Gasteiger partial charge in [0.15, 0.2) is 0 Å². The number of rotatable bonds is 2. The molecule has 0 N–H and O–H groups in total. The molecule has 1 saturated heterocycles. The summed E-state index contributed by atoms with van der Waals surface area (Å²) < 4.78 is 0. The van der Waals surface area contributed by atoms with Crippen LogP contribution in [0.1, 0.15) is 5.56 Å². The van der Waals surface area contributed by atoms with Gasteiger partial charge in [0.25, 0.3) is 0 Å². The number of alkyl halides is 2. The zero-order chi connectivity index (χ0) is 11.7. The molecule has 2 atom stereocenters. The van der Waals surface area contributed by atoms with Crippen LogP contribution < -0.4 is 4.90 Å². The Morgan fingerprint density at radius 2 is 2.00 bits per heavy atom. The molecule has 4 heteroatoms. The standard InChI is InChI=1S/C12H13Cl2NO/c1-8-2-4-10(5-3-8)15-7-9(6-13)11(14)12(15)16/h2-5,9,11H,6-7H2,1H3. The highest BCUT2D eigenvalue weighted by Gasteiger charge is 2.39. The zero-order valence-electron chi connectivity index (χ0n) is 8.99. The average molecular weight is 258 g/mol. The molecule has 2 unspecified atom stereocenters. The molecule has 1 aromatic carbocycles. The SMILES string of the molecule is Cc1ccc(N2CC(CCl)C(Cl)C2=O)cc1. The molecule has 16 heavy (non-hydrogen) atoms. The van der Waals surface area contributed by atoms with E-state index in [1.54, 1.807) is 4.90 Å². The third kappa shape index (κ3) is 2.04. The number of benzene rings is 1. The van der Waals surface area contributed by atoms with E-state index in [0.717, 1.165) is 5.69 Å². The highest BCUT2D eigenvalue weighted by molar-refractivity contribution is 6.34. The number of amides is 1. The Bertz CT molecular complexity index is 391. The van der Waals surface area contributed by atoms with Gasteiger partial charge in [-0.2, -0.15) is 0 Å². The van der Waals surface area contributed by atoms with Crippen LogP contribution in [0.4, 0.5) is 5.69 Å². The summed E-state index contributed by atoms with van der Waals surface area (Å²) in [4.78, 5) is 13.6. The van der Waals surface area contributed by atoms with E-state index in [9.17, 15) is 4.79 Å². The zero-order valence-corrected chi connectivity index (χ0v) is 10.5. The van der Waals surface area contributed by atoms with Crippen LogP contribution in [0.3, 0.4) is 0 Å². The molecular weight excluding hydrogens is 245 g/mol. The Kier molecular flexibility index (Phi) is 3.41. The van der Waals surface area contributed by atoms with Crippen molar-refractivity contribution in [2.45, 2.75) is 12.3 Å². The molecule has 0 bridgehead atoms. The minimum atomic E-state index is -0.487. The van der Waals surface area contributed by atoms with Crippen LogP contribution in [0.2, 0.25) is 0 Å².